The van der Waals surface area contributed by atoms with Gasteiger partial charge in [-0.25, -0.2) is 14.4 Å². The molecule has 1 N–H and O–H groups in total. The molecule has 0 bridgehead atoms. The van der Waals surface area contributed by atoms with E-state index in [9.17, 15) is 34.6 Å². The molecule has 0 amide bonds. The third-order valence-corrected chi connectivity index (χ3v) is 3.64. The molecule has 1 aromatic rings. The summed E-state index contributed by atoms with van der Waals surface area (Å²) in [7, 11) is 1.84. The molecule has 0 fully saturated rings. The number of rotatable bonds is 10. The summed E-state index contributed by atoms with van der Waals surface area (Å²) in [6.45, 7) is 2.48. The van der Waals surface area contributed by atoms with E-state index >= 15 is 0 Å². The lowest BCUT2D eigenvalue weighted by molar-refractivity contribution is -0.394. The Morgan fingerprint density at radius 3 is 1.90 bits per heavy atom. The minimum atomic E-state index is -2.72. The molecule has 0 aliphatic heterocycles. The number of carbonyl (C=O) groups excluding carboxylic acids is 3. The van der Waals surface area contributed by atoms with Crippen molar-refractivity contribution >= 4 is 35.0 Å². The molecule has 14 heteroatoms. The Balaban J connectivity index is 3.85. The third kappa shape index (κ3) is 4.78. The number of hydrogen-bond donors (Lipinski definition) is 1. The Bertz CT molecular complexity index is 850. The molecule has 0 atom stereocenters. The highest BCUT2D eigenvalue weighted by atomic mass is 16.6. The van der Waals surface area contributed by atoms with E-state index in [1.165, 1.54) is 13.8 Å². The van der Waals surface area contributed by atoms with Gasteiger partial charge in [0.15, 0.2) is 5.56 Å². The van der Waals surface area contributed by atoms with E-state index in [2.05, 4.69) is 10.1 Å². The van der Waals surface area contributed by atoms with Crippen LogP contribution >= 0.6 is 0 Å². The maximum absolute atomic E-state index is 12.5. The third-order valence-electron chi connectivity index (χ3n) is 3.64. The second kappa shape index (κ2) is 10.1. The Morgan fingerprint density at radius 1 is 1.00 bits per heavy atom. The SMILES string of the molecule is CCOC(=O)C(Nc1cc([N+](=O)[O-])cc([N+](=O)[O-])c1C(=O)OC)(OC)C(=O)OCC. The number of esters is 3. The molecule has 0 aromatic heterocycles. The number of nitro benzene ring substituents is 2. The molecular formula is C16H19N3O11. The van der Waals surface area contributed by atoms with E-state index in [1.54, 1.807) is 0 Å². The van der Waals surface area contributed by atoms with Crippen molar-refractivity contribution in [2.45, 2.75) is 19.6 Å². The Kier molecular flexibility index (Phi) is 8.16. The van der Waals surface area contributed by atoms with Crippen molar-refractivity contribution < 1.29 is 43.2 Å². The zero-order valence-electron chi connectivity index (χ0n) is 16.5. The quantitative estimate of drug-likeness (QED) is 0.140. The van der Waals surface area contributed by atoms with Gasteiger partial charge in [-0.2, -0.15) is 0 Å². The van der Waals surface area contributed by atoms with Gasteiger partial charge in [-0.3, -0.25) is 20.2 Å². The van der Waals surface area contributed by atoms with E-state index in [1.807, 2.05) is 0 Å². The maximum atomic E-state index is 12.5. The van der Waals surface area contributed by atoms with Crippen molar-refractivity contribution in [3.63, 3.8) is 0 Å². The van der Waals surface area contributed by atoms with Crippen LogP contribution in [-0.4, -0.2) is 60.9 Å². The first kappa shape index (κ1) is 24.2. The molecule has 0 unspecified atom stereocenters. The molecule has 0 heterocycles. The lowest BCUT2D eigenvalue weighted by Crippen LogP contribution is -2.57. The Labute approximate surface area is 169 Å². The lowest BCUT2D eigenvalue weighted by atomic mass is 10.1. The number of hydrogen-bond acceptors (Lipinski definition) is 12. The summed E-state index contributed by atoms with van der Waals surface area (Å²) in [5.41, 5.74) is -5.99. The van der Waals surface area contributed by atoms with Crippen LogP contribution in [0, 0.1) is 20.2 Å². The molecule has 0 saturated carbocycles. The average molecular weight is 429 g/mol. The summed E-state index contributed by atoms with van der Waals surface area (Å²) < 4.78 is 19.1. The standard InChI is InChI=1S/C16H19N3O11/c1-5-29-14(21)16(28-4,15(22)30-6-2)17-10-7-9(18(23)24)8-11(19(25)26)12(10)13(20)27-3/h7-8,17H,5-6H2,1-4H3. The number of nitrogens with one attached hydrogen (secondary N) is 1. The number of benzene rings is 1. The van der Waals surface area contributed by atoms with Gasteiger partial charge < -0.3 is 24.3 Å². The second-order valence-electron chi connectivity index (χ2n) is 5.34. The molecule has 0 radical (unpaired) electrons. The number of nitro groups is 2. The molecule has 0 saturated heterocycles. The van der Waals surface area contributed by atoms with Gasteiger partial charge in [0.25, 0.3) is 11.4 Å². The molecule has 0 spiro atoms. The zero-order chi connectivity index (χ0) is 23.1. The van der Waals surface area contributed by atoms with Gasteiger partial charge in [-0.1, -0.05) is 0 Å². The van der Waals surface area contributed by atoms with E-state index in [0.717, 1.165) is 14.2 Å². The van der Waals surface area contributed by atoms with Gasteiger partial charge in [-0.05, 0) is 13.8 Å². The topological polar surface area (TPSA) is 186 Å². The van der Waals surface area contributed by atoms with Crippen LogP contribution in [0.3, 0.4) is 0 Å². The molecule has 30 heavy (non-hydrogen) atoms. The highest BCUT2D eigenvalue weighted by Gasteiger charge is 2.51. The fourth-order valence-corrected chi connectivity index (χ4v) is 2.33. The largest absolute Gasteiger partial charge is 0.465 e. The van der Waals surface area contributed by atoms with Crippen molar-refractivity contribution in [3.8, 4) is 0 Å². The molecular weight excluding hydrogens is 410 g/mol. The monoisotopic (exact) mass is 429 g/mol. The minimum absolute atomic E-state index is 0.191. The highest BCUT2D eigenvalue weighted by Crippen LogP contribution is 2.35. The van der Waals surface area contributed by atoms with Crippen LogP contribution in [0.15, 0.2) is 12.1 Å². The minimum Gasteiger partial charge on any atom is -0.465 e. The van der Waals surface area contributed by atoms with E-state index in [-0.39, 0.29) is 13.2 Å². The van der Waals surface area contributed by atoms with E-state index in [4.69, 9.17) is 14.2 Å². The first-order valence-electron chi connectivity index (χ1n) is 8.32. The van der Waals surface area contributed by atoms with Crippen LogP contribution in [0.1, 0.15) is 24.2 Å². The molecule has 14 nitrogen and oxygen atoms in total. The van der Waals surface area contributed by atoms with Crippen LogP contribution in [0.5, 0.6) is 0 Å². The second-order valence-corrected chi connectivity index (χ2v) is 5.34. The van der Waals surface area contributed by atoms with Crippen LogP contribution in [-0.2, 0) is 28.5 Å². The predicted octanol–water partition coefficient (Wildman–Crippen LogP) is 1.17. The number of carbonyl (C=O) groups is 3. The first-order valence-corrected chi connectivity index (χ1v) is 8.32. The summed E-state index contributed by atoms with van der Waals surface area (Å²) in [4.78, 5) is 57.8. The summed E-state index contributed by atoms with van der Waals surface area (Å²) in [5, 5.41) is 24.8. The number of non-ortho nitro benzene ring substituents is 1. The van der Waals surface area contributed by atoms with Gasteiger partial charge in [0, 0.05) is 13.2 Å². The number of anilines is 1. The first-order chi connectivity index (χ1) is 14.1. The van der Waals surface area contributed by atoms with Crippen LogP contribution in [0.2, 0.25) is 0 Å². The maximum Gasteiger partial charge on any atom is 0.372 e. The number of methoxy groups -OCH3 is 2. The van der Waals surface area contributed by atoms with Gasteiger partial charge in [0.2, 0.25) is 0 Å². The predicted molar refractivity (Wildman–Crippen MR) is 97.7 cm³/mol. The smallest absolute Gasteiger partial charge is 0.372 e. The molecule has 164 valence electrons. The van der Waals surface area contributed by atoms with Gasteiger partial charge in [-0.15, -0.1) is 0 Å². The van der Waals surface area contributed by atoms with Crippen molar-refractivity contribution in [3.05, 3.63) is 37.9 Å². The van der Waals surface area contributed by atoms with Crippen LogP contribution in [0.4, 0.5) is 17.1 Å². The van der Waals surface area contributed by atoms with Gasteiger partial charge in [0.05, 0.1) is 41.9 Å². The summed E-state index contributed by atoms with van der Waals surface area (Å²) in [6, 6.07) is 1.23. The van der Waals surface area contributed by atoms with Gasteiger partial charge >= 0.3 is 23.6 Å². The number of ether oxygens (including phenoxy) is 4. The van der Waals surface area contributed by atoms with Crippen LogP contribution in [0.25, 0.3) is 0 Å². The summed E-state index contributed by atoms with van der Waals surface area (Å²) in [6.07, 6.45) is 0. The molecule has 0 aliphatic rings. The fraction of sp³-hybridized carbons (Fsp3) is 0.438. The number of nitrogens with zero attached hydrogens (tertiary/aromatic N) is 2. The molecule has 1 aromatic carbocycles. The molecule has 0 aliphatic carbocycles. The average Bonchev–Trinajstić information content (AvgIpc) is 2.70. The highest BCUT2D eigenvalue weighted by molar-refractivity contribution is 6.08. The van der Waals surface area contributed by atoms with Crippen LogP contribution < -0.4 is 5.32 Å². The van der Waals surface area contributed by atoms with E-state index < -0.39 is 56.1 Å². The van der Waals surface area contributed by atoms with Crippen molar-refractivity contribution in [2.24, 2.45) is 0 Å². The van der Waals surface area contributed by atoms with E-state index in [0.29, 0.717) is 12.1 Å². The normalized spacial score (nSPS) is 10.7. The fourth-order valence-electron chi connectivity index (χ4n) is 2.33. The van der Waals surface area contributed by atoms with Gasteiger partial charge in [0.1, 0.15) is 0 Å². The summed E-state index contributed by atoms with van der Waals surface area (Å²) >= 11 is 0. The zero-order valence-corrected chi connectivity index (χ0v) is 16.5. The summed E-state index contributed by atoms with van der Waals surface area (Å²) in [5.74, 6) is -3.89. The van der Waals surface area contributed by atoms with Crippen molar-refractivity contribution in [1.29, 1.82) is 0 Å². The Morgan fingerprint density at radius 2 is 1.53 bits per heavy atom. The molecule has 1 rings (SSSR count). The van der Waals surface area contributed by atoms with Crippen molar-refractivity contribution in [1.82, 2.24) is 0 Å². The van der Waals surface area contributed by atoms with Crippen molar-refractivity contribution in [2.75, 3.05) is 32.8 Å². The lowest BCUT2D eigenvalue weighted by Gasteiger charge is -2.29. The Hall–Kier alpha value is -3.81.